The number of aromatic carboxylic acids is 1. The Bertz CT molecular complexity index is 1840. The third-order valence-electron chi connectivity index (χ3n) is 7.73. The van der Waals surface area contributed by atoms with Gasteiger partial charge in [0, 0.05) is 36.7 Å². The standard InChI is InChI=1S/C33H29F3N4O3.C2H6/c1-20-6-7-22(25(34)14-20)19-43-32-5-2-4-28(38-32)24-18-26(35)23(15-27(24)36)17-31-37-29-9-8-21(33(41)42)16-30(29)40(31)13-12-39-10-3-11-39;1-2/h2,4-9,14-16,18H,3,10-13,17,19H2,1H3,(H,41,42);1-2H3. The molecule has 1 N–H and O–H groups in total. The van der Waals surface area contributed by atoms with Gasteiger partial charge < -0.3 is 19.3 Å². The molecular weight excluding hydrogens is 581 g/mol. The number of ether oxygens (including phenoxy) is 1. The van der Waals surface area contributed by atoms with Crippen LogP contribution in [0, 0.1) is 24.4 Å². The van der Waals surface area contributed by atoms with E-state index in [0.29, 0.717) is 29.0 Å². The molecule has 5 aromatic rings. The first-order chi connectivity index (χ1) is 21.7. The number of rotatable bonds is 10. The molecule has 0 spiro atoms. The molecule has 0 bridgehead atoms. The number of fused-ring (bicyclic) bond motifs is 1. The maximum Gasteiger partial charge on any atom is 0.335 e. The summed E-state index contributed by atoms with van der Waals surface area (Å²) in [6, 6.07) is 16.5. The Kier molecular flexibility index (Phi) is 9.83. The van der Waals surface area contributed by atoms with Crippen molar-refractivity contribution in [2.75, 3.05) is 19.6 Å². The van der Waals surface area contributed by atoms with Crippen LogP contribution in [0.15, 0.2) is 66.7 Å². The molecular formula is C35H35F3N4O3. The summed E-state index contributed by atoms with van der Waals surface area (Å²) in [4.78, 5) is 22.8. The van der Waals surface area contributed by atoms with Gasteiger partial charge in [0.05, 0.1) is 22.3 Å². The molecule has 0 radical (unpaired) electrons. The van der Waals surface area contributed by atoms with Gasteiger partial charge in [0.1, 0.15) is 29.9 Å². The number of benzene rings is 3. The number of hydrogen-bond donors (Lipinski definition) is 1. The van der Waals surface area contributed by atoms with E-state index in [0.717, 1.165) is 43.8 Å². The lowest BCUT2D eigenvalue weighted by Crippen LogP contribution is -2.39. The molecule has 6 rings (SSSR count). The number of aryl methyl sites for hydroxylation is 1. The Morgan fingerprint density at radius 3 is 2.38 bits per heavy atom. The molecule has 10 heteroatoms. The number of pyridine rings is 1. The van der Waals surface area contributed by atoms with Crippen LogP contribution < -0.4 is 4.74 Å². The number of nitrogens with zero attached hydrogens (tertiary/aromatic N) is 4. The van der Waals surface area contributed by atoms with E-state index in [2.05, 4.69) is 14.9 Å². The number of hydrogen-bond acceptors (Lipinski definition) is 5. The minimum Gasteiger partial charge on any atom is -0.478 e. The Morgan fingerprint density at radius 2 is 1.67 bits per heavy atom. The maximum absolute atomic E-state index is 15.5. The van der Waals surface area contributed by atoms with Gasteiger partial charge in [0.25, 0.3) is 0 Å². The van der Waals surface area contributed by atoms with Crippen LogP contribution >= 0.6 is 0 Å². The molecule has 0 amide bonds. The van der Waals surface area contributed by atoms with Crippen LogP contribution in [0.2, 0.25) is 0 Å². The normalized spacial score (nSPS) is 12.8. The van der Waals surface area contributed by atoms with E-state index in [9.17, 15) is 14.3 Å². The Hall–Kier alpha value is -4.70. The van der Waals surface area contributed by atoms with E-state index in [1.54, 1.807) is 49.4 Å². The Labute approximate surface area is 259 Å². The van der Waals surface area contributed by atoms with Gasteiger partial charge in [0.2, 0.25) is 5.88 Å². The van der Waals surface area contributed by atoms with Gasteiger partial charge in [-0.05, 0) is 80.0 Å². The molecule has 45 heavy (non-hydrogen) atoms. The van der Waals surface area contributed by atoms with Gasteiger partial charge in [-0.15, -0.1) is 0 Å². The topological polar surface area (TPSA) is 80.5 Å². The van der Waals surface area contributed by atoms with Gasteiger partial charge in [-0.1, -0.05) is 32.0 Å². The molecule has 2 aromatic heterocycles. The van der Waals surface area contributed by atoms with Crippen molar-refractivity contribution in [3.63, 3.8) is 0 Å². The Morgan fingerprint density at radius 1 is 0.889 bits per heavy atom. The van der Waals surface area contributed by atoms with E-state index in [4.69, 9.17) is 4.74 Å². The first-order valence-electron chi connectivity index (χ1n) is 15.0. The summed E-state index contributed by atoms with van der Waals surface area (Å²) in [5.41, 5.74) is 2.76. The van der Waals surface area contributed by atoms with Gasteiger partial charge in [-0.2, -0.15) is 0 Å². The van der Waals surface area contributed by atoms with Crippen LogP contribution in [0.3, 0.4) is 0 Å². The summed E-state index contributed by atoms with van der Waals surface area (Å²) in [6.07, 6.45) is 1.14. The van der Waals surface area contributed by atoms with Gasteiger partial charge in [-0.3, -0.25) is 0 Å². The minimum atomic E-state index is -1.05. The summed E-state index contributed by atoms with van der Waals surface area (Å²) in [7, 11) is 0. The van der Waals surface area contributed by atoms with Crippen LogP contribution in [0.25, 0.3) is 22.3 Å². The lowest BCUT2D eigenvalue weighted by molar-refractivity contribution is 0.0697. The molecule has 3 aromatic carbocycles. The zero-order chi connectivity index (χ0) is 32.1. The number of carboxylic acid groups (broad SMARTS) is 1. The molecule has 0 aliphatic carbocycles. The molecule has 0 saturated carbocycles. The highest BCUT2D eigenvalue weighted by atomic mass is 19.1. The predicted molar refractivity (Wildman–Crippen MR) is 167 cm³/mol. The summed E-state index contributed by atoms with van der Waals surface area (Å²) in [6.45, 7) is 9.00. The summed E-state index contributed by atoms with van der Waals surface area (Å²) >= 11 is 0. The fourth-order valence-corrected chi connectivity index (χ4v) is 5.19. The number of carbonyl (C=O) groups is 1. The van der Waals surface area contributed by atoms with Crippen LogP contribution in [-0.2, 0) is 19.6 Å². The quantitative estimate of drug-likeness (QED) is 0.176. The van der Waals surface area contributed by atoms with E-state index in [1.165, 1.54) is 12.1 Å². The summed E-state index contributed by atoms with van der Waals surface area (Å²) in [5, 5.41) is 9.49. The zero-order valence-electron chi connectivity index (χ0n) is 25.5. The number of halogens is 3. The van der Waals surface area contributed by atoms with Crippen molar-refractivity contribution in [1.29, 1.82) is 0 Å². The van der Waals surface area contributed by atoms with Crippen molar-refractivity contribution in [3.05, 3.63) is 112 Å². The SMILES string of the molecule is CC.Cc1ccc(COc2cccc(-c3cc(F)c(Cc4nc5ccc(C(=O)O)cc5n4CCN4CCC4)cc3F)n2)c(F)c1. The van der Waals surface area contributed by atoms with Crippen molar-refractivity contribution in [2.24, 2.45) is 0 Å². The molecule has 1 fully saturated rings. The van der Waals surface area contributed by atoms with Gasteiger partial charge in [-0.25, -0.2) is 27.9 Å². The third-order valence-corrected chi connectivity index (χ3v) is 7.73. The summed E-state index contributed by atoms with van der Waals surface area (Å²) < 4.78 is 52.7. The molecule has 0 atom stereocenters. The zero-order valence-corrected chi connectivity index (χ0v) is 25.5. The highest BCUT2D eigenvalue weighted by Crippen LogP contribution is 2.28. The maximum atomic E-state index is 15.5. The lowest BCUT2D eigenvalue weighted by Gasteiger charge is -2.31. The highest BCUT2D eigenvalue weighted by molar-refractivity contribution is 5.92. The van der Waals surface area contributed by atoms with E-state index < -0.39 is 23.4 Å². The average molecular weight is 617 g/mol. The van der Waals surface area contributed by atoms with Crippen molar-refractivity contribution in [2.45, 2.75) is 46.8 Å². The second-order valence-corrected chi connectivity index (χ2v) is 10.7. The first kappa shape index (κ1) is 31.7. The molecule has 7 nitrogen and oxygen atoms in total. The molecule has 1 saturated heterocycles. The monoisotopic (exact) mass is 616 g/mol. The van der Waals surface area contributed by atoms with Crippen molar-refractivity contribution >= 4 is 17.0 Å². The molecule has 1 aliphatic rings. The first-order valence-corrected chi connectivity index (χ1v) is 15.0. The van der Waals surface area contributed by atoms with Crippen molar-refractivity contribution in [1.82, 2.24) is 19.4 Å². The fourth-order valence-electron chi connectivity index (χ4n) is 5.19. The van der Waals surface area contributed by atoms with Crippen molar-refractivity contribution in [3.8, 4) is 17.1 Å². The molecule has 1 aliphatic heterocycles. The van der Waals surface area contributed by atoms with E-state index >= 15 is 8.78 Å². The van der Waals surface area contributed by atoms with E-state index in [1.807, 2.05) is 18.4 Å². The van der Waals surface area contributed by atoms with Crippen LogP contribution in [-0.4, -0.2) is 50.1 Å². The van der Waals surface area contributed by atoms with Crippen LogP contribution in [0.1, 0.15) is 53.1 Å². The van der Waals surface area contributed by atoms with Gasteiger partial charge in [0.15, 0.2) is 0 Å². The lowest BCUT2D eigenvalue weighted by atomic mass is 10.0. The highest BCUT2D eigenvalue weighted by Gasteiger charge is 2.20. The Balaban J connectivity index is 0.00000196. The second kappa shape index (κ2) is 13.9. The number of likely N-dealkylation sites (tertiary alicyclic amines) is 1. The molecule has 0 unspecified atom stereocenters. The molecule has 3 heterocycles. The second-order valence-electron chi connectivity index (χ2n) is 10.7. The largest absolute Gasteiger partial charge is 0.478 e. The van der Waals surface area contributed by atoms with E-state index in [-0.39, 0.29) is 41.3 Å². The number of aromatic nitrogens is 3. The minimum absolute atomic E-state index is 0.0127. The summed E-state index contributed by atoms with van der Waals surface area (Å²) in [5.74, 6) is -2.07. The average Bonchev–Trinajstić information content (AvgIpc) is 3.34. The predicted octanol–water partition coefficient (Wildman–Crippen LogP) is 7.42. The van der Waals surface area contributed by atoms with Crippen LogP contribution in [0.4, 0.5) is 13.2 Å². The molecule has 234 valence electrons. The third kappa shape index (κ3) is 7.17. The van der Waals surface area contributed by atoms with Crippen molar-refractivity contribution < 1.29 is 27.8 Å². The number of imidazole rings is 1. The van der Waals surface area contributed by atoms with Crippen LogP contribution in [0.5, 0.6) is 5.88 Å². The number of carboxylic acids is 1. The van der Waals surface area contributed by atoms with Gasteiger partial charge >= 0.3 is 5.97 Å². The smallest absolute Gasteiger partial charge is 0.335 e. The fraction of sp³-hybridized carbons (Fsp3) is 0.286.